The van der Waals surface area contributed by atoms with Crippen LogP contribution in [0.2, 0.25) is 0 Å². The van der Waals surface area contributed by atoms with Crippen molar-refractivity contribution in [3.63, 3.8) is 0 Å². The van der Waals surface area contributed by atoms with Crippen molar-refractivity contribution in [3.05, 3.63) is 48.5 Å². The first-order chi connectivity index (χ1) is 12.6. The highest BCUT2D eigenvalue weighted by Gasteiger charge is 2.22. The van der Waals surface area contributed by atoms with Gasteiger partial charge in [-0.15, -0.1) is 0 Å². The van der Waals surface area contributed by atoms with Gasteiger partial charge in [0.15, 0.2) is 5.76 Å². The second-order valence-corrected chi connectivity index (χ2v) is 5.28. The number of pyridine rings is 1. The predicted molar refractivity (Wildman–Crippen MR) is 91.2 cm³/mol. The molecule has 136 valence electrons. The Bertz CT molecular complexity index is 849. The first kappa shape index (κ1) is 17.8. The Morgan fingerprint density at radius 1 is 1.12 bits per heavy atom. The zero-order valence-corrected chi connectivity index (χ0v) is 14.0. The number of hydrogen-bond acceptors (Lipinski definition) is 6. The van der Waals surface area contributed by atoms with Gasteiger partial charge in [0.05, 0.1) is 7.11 Å². The van der Waals surface area contributed by atoms with Crippen LogP contribution in [0.3, 0.4) is 0 Å². The van der Waals surface area contributed by atoms with E-state index in [1.54, 1.807) is 36.4 Å². The van der Waals surface area contributed by atoms with E-state index in [1.165, 1.54) is 13.3 Å². The number of methoxy groups -OCH3 is 1. The summed E-state index contributed by atoms with van der Waals surface area (Å²) in [6, 6.07) is 10.2. The zero-order valence-electron chi connectivity index (χ0n) is 14.0. The van der Waals surface area contributed by atoms with Crippen molar-refractivity contribution in [2.45, 2.75) is 6.43 Å². The number of alkyl halides is 2. The summed E-state index contributed by atoms with van der Waals surface area (Å²) in [5, 5.41) is 0. The molecule has 0 atom stereocenters. The number of halogens is 2. The van der Waals surface area contributed by atoms with Crippen LogP contribution in [-0.4, -0.2) is 30.2 Å². The molecule has 3 aromatic rings. The van der Waals surface area contributed by atoms with Gasteiger partial charge in [-0.1, -0.05) is 0 Å². The zero-order chi connectivity index (χ0) is 18.5. The fraction of sp³-hybridized carbons (Fsp3) is 0.222. The van der Waals surface area contributed by atoms with Gasteiger partial charge in [0.25, 0.3) is 5.89 Å². The van der Waals surface area contributed by atoms with Crippen LogP contribution in [0.15, 0.2) is 47.0 Å². The van der Waals surface area contributed by atoms with Crippen molar-refractivity contribution < 1.29 is 22.7 Å². The second kappa shape index (κ2) is 7.92. The first-order valence-electron chi connectivity index (χ1n) is 7.85. The van der Waals surface area contributed by atoms with Gasteiger partial charge in [0, 0.05) is 29.9 Å². The van der Waals surface area contributed by atoms with E-state index in [0.717, 1.165) is 0 Å². The molecule has 0 radical (unpaired) electrons. The topological polar surface area (TPSA) is 83.4 Å². The van der Waals surface area contributed by atoms with Gasteiger partial charge in [-0.05, 0) is 30.3 Å². The number of oxazole rings is 1. The second-order valence-electron chi connectivity index (χ2n) is 5.28. The quantitative estimate of drug-likeness (QED) is 0.691. The van der Waals surface area contributed by atoms with Gasteiger partial charge in [-0.2, -0.15) is 8.78 Å². The van der Waals surface area contributed by atoms with E-state index in [4.69, 9.17) is 19.6 Å². The summed E-state index contributed by atoms with van der Waals surface area (Å²) in [5.41, 5.74) is 6.82. The van der Waals surface area contributed by atoms with Crippen LogP contribution in [-0.2, 0) is 0 Å². The van der Waals surface area contributed by atoms with Crippen LogP contribution in [0.25, 0.3) is 22.6 Å². The molecule has 0 aliphatic carbocycles. The monoisotopic (exact) mass is 361 g/mol. The number of rotatable bonds is 7. The van der Waals surface area contributed by atoms with Crippen molar-refractivity contribution in [1.82, 2.24) is 9.97 Å². The molecular formula is C18H17F2N3O3. The number of nitrogens with two attached hydrogens (primary N) is 1. The summed E-state index contributed by atoms with van der Waals surface area (Å²) in [4.78, 5) is 8.03. The number of hydrogen-bond donors (Lipinski definition) is 1. The number of benzene rings is 1. The number of aromatic nitrogens is 2. The molecule has 2 aromatic heterocycles. The molecule has 0 bridgehead atoms. The average Bonchev–Trinajstić information content (AvgIpc) is 3.12. The van der Waals surface area contributed by atoms with Gasteiger partial charge in [0.2, 0.25) is 5.88 Å². The Labute approximate surface area is 148 Å². The molecule has 1 aromatic carbocycles. The Balaban J connectivity index is 1.99. The molecule has 0 saturated heterocycles. The van der Waals surface area contributed by atoms with E-state index in [1.807, 2.05) is 0 Å². The Morgan fingerprint density at radius 2 is 1.85 bits per heavy atom. The fourth-order valence-electron chi connectivity index (χ4n) is 2.34. The van der Waals surface area contributed by atoms with E-state index in [-0.39, 0.29) is 11.5 Å². The van der Waals surface area contributed by atoms with E-state index < -0.39 is 12.3 Å². The fourth-order valence-corrected chi connectivity index (χ4v) is 2.34. The first-order valence-corrected chi connectivity index (χ1v) is 7.85. The van der Waals surface area contributed by atoms with Crippen molar-refractivity contribution >= 4 is 0 Å². The Morgan fingerprint density at radius 3 is 2.42 bits per heavy atom. The standard InChI is InChI=1S/C18H17F2N3O3/c1-24-14-7-4-12(10-22-14)15-16(26-18(23-15)17(19)20)11-2-5-13(6-3-11)25-9-8-21/h2-7,10,17H,8-9,21H2,1H3. The molecule has 0 saturated carbocycles. The number of nitrogens with zero attached hydrogens (tertiary/aromatic N) is 2. The molecule has 0 aliphatic rings. The summed E-state index contributed by atoms with van der Waals surface area (Å²) in [6.07, 6.45) is -1.32. The van der Waals surface area contributed by atoms with Crippen LogP contribution in [0.5, 0.6) is 11.6 Å². The highest BCUT2D eigenvalue weighted by Crippen LogP contribution is 2.36. The van der Waals surface area contributed by atoms with E-state index in [2.05, 4.69) is 9.97 Å². The summed E-state index contributed by atoms with van der Waals surface area (Å²) in [7, 11) is 1.49. The van der Waals surface area contributed by atoms with Gasteiger partial charge < -0.3 is 19.6 Å². The third-order valence-electron chi connectivity index (χ3n) is 3.55. The van der Waals surface area contributed by atoms with Gasteiger partial charge >= 0.3 is 6.43 Å². The highest BCUT2D eigenvalue weighted by atomic mass is 19.3. The smallest absolute Gasteiger partial charge is 0.313 e. The molecule has 2 N–H and O–H groups in total. The molecule has 2 heterocycles. The molecule has 26 heavy (non-hydrogen) atoms. The summed E-state index contributed by atoms with van der Waals surface area (Å²) >= 11 is 0. The van der Waals surface area contributed by atoms with Crippen LogP contribution >= 0.6 is 0 Å². The third-order valence-corrected chi connectivity index (χ3v) is 3.55. The average molecular weight is 361 g/mol. The largest absolute Gasteiger partial charge is 0.492 e. The molecule has 3 rings (SSSR count). The summed E-state index contributed by atoms with van der Waals surface area (Å²) < 4.78 is 41.9. The third kappa shape index (κ3) is 3.80. The van der Waals surface area contributed by atoms with Crippen molar-refractivity contribution in [3.8, 4) is 34.2 Å². The van der Waals surface area contributed by atoms with Crippen molar-refractivity contribution in [2.24, 2.45) is 5.73 Å². The minimum absolute atomic E-state index is 0.234. The highest BCUT2D eigenvalue weighted by molar-refractivity contribution is 5.76. The normalized spacial score (nSPS) is 11.0. The molecular weight excluding hydrogens is 344 g/mol. The number of ether oxygens (including phenoxy) is 2. The lowest BCUT2D eigenvalue weighted by Gasteiger charge is -2.06. The predicted octanol–water partition coefficient (Wildman–Crippen LogP) is 3.69. The van der Waals surface area contributed by atoms with Crippen LogP contribution in [0.1, 0.15) is 12.3 Å². The lowest BCUT2D eigenvalue weighted by atomic mass is 10.1. The van der Waals surface area contributed by atoms with E-state index >= 15 is 0 Å². The molecule has 6 nitrogen and oxygen atoms in total. The summed E-state index contributed by atoms with van der Waals surface area (Å²) in [6.45, 7) is 0.788. The minimum atomic E-state index is -2.82. The molecule has 0 aliphatic heterocycles. The molecule has 0 amide bonds. The van der Waals surface area contributed by atoms with Crippen LogP contribution in [0.4, 0.5) is 8.78 Å². The SMILES string of the molecule is COc1ccc(-c2nc(C(F)F)oc2-c2ccc(OCCN)cc2)cn1. The Hall–Kier alpha value is -3.00. The minimum Gasteiger partial charge on any atom is -0.492 e. The van der Waals surface area contributed by atoms with Gasteiger partial charge in [-0.3, -0.25) is 0 Å². The maximum atomic E-state index is 13.1. The van der Waals surface area contributed by atoms with Crippen LogP contribution < -0.4 is 15.2 Å². The van der Waals surface area contributed by atoms with Gasteiger partial charge in [-0.25, -0.2) is 9.97 Å². The van der Waals surface area contributed by atoms with E-state index in [0.29, 0.717) is 35.9 Å². The van der Waals surface area contributed by atoms with Crippen LogP contribution in [0, 0.1) is 0 Å². The van der Waals surface area contributed by atoms with Crippen molar-refractivity contribution in [1.29, 1.82) is 0 Å². The molecule has 8 heteroatoms. The van der Waals surface area contributed by atoms with Crippen molar-refractivity contribution in [2.75, 3.05) is 20.3 Å². The summed E-state index contributed by atoms with van der Waals surface area (Å²) in [5.74, 6) is 0.627. The van der Waals surface area contributed by atoms with E-state index in [9.17, 15) is 8.78 Å². The van der Waals surface area contributed by atoms with Gasteiger partial charge in [0.1, 0.15) is 18.1 Å². The molecule has 0 fully saturated rings. The molecule has 0 spiro atoms. The maximum Gasteiger partial charge on any atom is 0.313 e. The lowest BCUT2D eigenvalue weighted by molar-refractivity contribution is 0.116. The molecule has 0 unspecified atom stereocenters. The Kier molecular flexibility index (Phi) is 5.43. The maximum absolute atomic E-state index is 13.1. The lowest BCUT2D eigenvalue weighted by Crippen LogP contribution is -2.10.